The molecular weight excluding hydrogens is 278 g/mol. The summed E-state index contributed by atoms with van der Waals surface area (Å²) in [6.45, 7) is 5.90. The van der Waals surface area contributed by atoms with Gasteiger partial charge in [-0.05, 0) is 32.0 Å². The van der Waals surface area contributed by atoms with Crippen molar-refractivity contribution in [3.8, 4) is 0 Å². The largest absolute Gasteiger partial charge is 0.301 e. The minimum absolute atomic E-state index is 0.129. The van der Waals surface area contributed by atoms with Crippen LogP contribution < -0.4 is 0 Å². The van der Waals surface area contributed by atoms with Gasteiger partial charge in [0.1, 0.15) is 5.78 Å². The minimum Gasteiger partial charge on any atom is -0.301 e. The Bertz CT molecular complexity index is 455. The van der Waals surface area contributed by atoms with Crippen molar-refractivity contribution in [2.45, 2.75) is 39.7 Å². The van der Waals surface area contributed by atoms with Crippen LogP contribution in [0.5, 0.6) is 0 Å². The molecule has 1 aliphatic carbocycles. The lowest BCUT2D eigenvalue weighted by atomic mass is 9.71. The molecule has 1 aliphatic rings. The van der Waals surface area contributed by atoms with Crippen LogP contribution in [-0.4, -0.2) is 24.3 Å². The molecule has 0 spiro atoms. The molecule has 1 aromatic heterocycles. The van der Waals surface area contributed by atoms with Gasteiger partial charge in [0, 0.05) is 29.3 Å². The first-order valence-electron chi connectivity index (χ1n) is 6.85. The van der Waals surface area contributed by atoms with Crippen molar-refractivity contribution in [1.29, 1.82) is 0 Å². The van der Waals surface area contributed by atoms with E-state index in [0.717, 1.165) is 30.3 Å². The second-order valence-electron chi connectivity index (χ2n) is 6.24. The smallest absolute Gasteiger partial charge is 0.142 e. The summed E-state index contributed by atoms with van der Waals surface area (Å²) in [7, 11) is 2.09. The maximum Gasteiger partial charge on any atom is 0.142 e. The number of nitrogens with zero attached hydrogens (tertiary/aromatic N) is 1. The van der Waals surface area contributed by atoms with E-state index in [9.17, 15) is 4.79 Å². The van der Waals surface area contributed by atoms with Crippen LogP contribution in [-0.2, 0) is 11.3 Å². The first-order valence-corrected chi connectivity index (χ1v) is 8.05. The van der Waals surface area contributed by atoms with E-state index in [0.29, 0.717) is 5.78 Å². The van der Waals surface area contributed by atoms with Crippen LogP contribution in [0.2, 0.25) is 4.34 Å². The Labute approximate surface area is 124 Å². The SMILES string of the molecule is CN(Cc1ccc(Cl)s1)CC1CCCC(C)(C)C1=O. The van der Waals surface area contributed by atoms with E-state index >= 15 is 0 Å². The second-order valence-corrected chi connectivity index (χ2v) is 8.04. The molecule has 106 valence electrons. The van der Waals surface area contributed by atoms with Crippen LogP contribution >= 0.6 is 22.9 Å². The molecule has 19 heavy (non-hydrogen) atoms. The Morgan fingerprint density at radius 1 is 1.47 bits per heavy atom. The number of halogens is 1. The zero-order valence-electron chi connectivity index (χ0n) is 11.9. The second kappa shape index (κ2) is 5.94. The summed E-state index contributed by atoms with van der Waals surface area (Å²) in [4.78, 5) is 15.9. The molecule has 0 bridgehead atoms. The van der Waals surface area contributed by atoms with Gasteiger partial charge >= 0.3 is 0 Å². The van der Waals surface area contributed by atoms with E-state index < -0.39 is 0 Å². The van der Waals surface area contributed by atoms with Crippen molar-refractivity contribution in [1.82, 2.24) is 4.90 Å². The number of hydrogen-bond acceptors (Lipinski definition) is 3. The fourth-order valence-corrected chi connectivity index (χ4v) is 4.08. The molecule has 2 rings (SSSR count). The van der Waals surface area contributed by atoms with Gasteiger partial charge < -0.3 is 4.90 Å². The quantitative estimate of drug-likeness (QED) is 0.829. The maximum absolute atomic E-state index is 12.4. The molecule has 4 heteroatoms. The Morgan fingerprint density at radius 3 is 2.84 bits per heavy atom. The zero-order chi connectivity index (χ0) is 14.0. The summed E-state index contributed by atoms with van der Waals surface area (Å²) in [5.74, 6) is 0.638. The zero-order valence-corrected chi connectivity index (χ0v) is 13.5. The van der Waals surface area contributed by atoms with Gasteiger partial charge in [-0.3, -0.25) is 4.79 Å². The highest BCUT2D eigenvalue weighted by Crippen LogP contribution is 2.35. The lowest BCUT2D eigenvalue weighted by molar-refractivity contribution is -0.134. The lowest BCUT2D eigenvalue weighted by Crippen LogP contribution is -2.40. The van der Waals surface area contributed by atoms with Crippen molar-refractivity contribution in [2.24, 2.45) is 11.3 Å². The summed E-state index contributed by atoms with van der Waals surface area (Å²) >= 11 is 7.56. The highest BCUT2D eigenvalue weighted by atomic mass is 35.5. The predicted molar refractivity (Wildman–Crippen MR) is 81.8 cm³/mol. The van der Waals surface area contributed by atoms with E-state index in [2.05, 4.69) is 31.9 Å². The molecule has 0 aliphatic heterocycles. The van der Waals surface area contributed by atoms with E-state index in [1.165, 1.54) is 11.3 Å². The summed E-state index contributed by atoms with van der Waals surface area (Å²) in [5.41, 5.74) is -0.129. The van der Waals surface area contributed by atoms with Crippen LogP contribution in [0.4, 0.5) is 0 Å². The van der Waals surface area contributed by atoms with Crippen molar-refractivity contribution in [3.63, 3.8) is 0 Å². The molecule has 1 heterocycles. The predicted octanol–water partition coefficient (Wildman–Crippen LogP) is 4.23. The van der Waals surface area contributed by atoms with Gasteiger partial charge in [0.15, 0.2) is 0 Å². The third-order valence-corrected chi connectivity index (χ3v) is 5.19. The summed E-state index contributed by atoms with van der Waals surface area (Å²) in [5, 5.41) is 0. The number of hydrogen-bond donors (Lipinski definition) is 0. The number of carbonyl (C=O) groups excluding carboxylic acids is 1. The average molecular weight is 300 g/mol. The molecule has 0 saturated heterocycles. The molecule has 0 aromatic carbocycles. The first-order chi connectivity index (χ1) is 8.88. The molecule has 1 unspecified atom stereocenters. The molecular formula is C15H22ClNOS. The summed E-state index contributed by atoms with van der Waals surface area (Å²) < 4.78 is 0.832. The fourth-order valence-electron chi connectivity index (χ4n) is 2.92. The normalized spacial score (nSPS) is 23.0. The number of ketones is 1. The van der Waals surface area contributed by atoms with Crippen molar-refractivity contribution in [2.75, 3.05) is 13.6 Å². The summed E-state index contributed by atoms with van der Waals surface area (Å²) in [6, 6.07) is 4.00. The minimum atomic E-state index is -0.129. The average Bonchev–Trinajstić information content (AvgIpc) is 2.70. The van der Waals surface area contributed by atoms with Gasteiger partial charge in [0.2, 0.25) is 0 Å². The Morgan fingerprint density at radius 2 is 2.21 bits per heavy atom. The number of Topliss-reactive ketones (excluding diaryl/α,β-unsaturated/α-hetero) is 1. The van der Waals surface area contributed by atoms with Gasteiger partial charge in [0.05, 0.1) is 4.34 Å². The third kappa shape index (κ3) is 3.80. The lowest BCUT2D eigenvalue weighted by Gasteiger charge is -2.35. The third-order valence-electron chi connectivity index (χ3n) is 3.98. The molecule has 0 radical (unpaired) electrons. The molecule has 0 amide bonds. The number of thiophene rings is 1. The van der Waals surface area contributed by atoms with Crippen LogP contribution in [0.25, 0.3) is 0 Å². The first kappa shape index (κ1) is 15.0. The van der Waals surface area contributed by atoms with Crippen molar-refractivity contribution < 1.29 is 4.79 Å². The van der Waals surface area contributed by atoms with E-state index in [1.807, 2.05) is 6.07 Å². The van der Waals surface area contributed by atoms with E-state index in [1.54, 1.807) is 11.3 Å². The van der Waals surface area contributed by atoms with Gasteiger partial charge in [0.25, 0.3) is 0 Å². The topological polar surface area (TPSA) is 20.3 Å². The summed E-state index contributed by atoms with van der Waals surface area (Å²) in [6.07, 6.45) is 3.24. The van der Waals surface area contributed by atoms with Crippen LogP contribution in [0.15, 0.2) is 12.1 Å². The fraction of sp³-hybridized carbons (Fsp3) is 0.667. The van der Waals surface area contributed by atoms with Gasteiger partial charge in [-0.15, -0.1) is 11.3 Å². The van der Waals surface area contributed by atoms with Crippen LogP contribution in [0.1, 0.15) is 38.0 Å². The molecule has 1 aromatic rings. The Kier molecular flexibility index (Phi) is 4.70. The van der Waals surface area contributed by atoms with Gasteiger partial charge in [-0.25, -0.2) is 0 Å². The van der Waals surface area contributed by atoms with Crippen LogP contribution in [0, 0.1) is 11.3 Å². The number of carbonyl (C=O) groups is 1. The highest BCUT2D eigenvalue weighted by Gasteiger charge is 2.37. The monoisotopic (exact) mass is 299 g/mol. The molecule has 0 N–H and O–H groups in total. The highest BCUT2D eigenvalue weighted by molar-refractivity contribution is 7.16. The van der Waals surface area contributed by atoms with Crippen LogP contribution in [0.3, 0.4) is 0 Å². The molecule has 1 saturated carbocycles. The van der Waals surface area contributed by atoms with E-state index in [-0.39, 0.29) is 11.3 Å². The number of rotatable bonds is 4. The Hall–Kier alpha value is -0.380. The molecule has 2 nitrogen and oxygen atoms in total. The van der Waals surface area contributed by atoms with Gasteiger partial charge in [-0.1, -0.05) is 31.9 Å². The standard InChI is InChI=1S/C15H22ClNOS/c1-15(2)8-4-5-11(14(15)18)9-17(3)10-12-6-7-13(16)19-12/h6-7,11H,4-5,8-10H2,1-3H3. The van der Waals surface area contributed by atoms with Crippen molar-refractivity contribution >= 4 is 28.7 Å². The van der Waals surface area contributed by atoms with Crippen molar-refractivity contribution in [3.05, 3.63) is 21.3 Å². The Balaban J connectivity index is 1.91. The molecule has 1 fully saturated rings. The molecule has 1 atom stereocenters. The van der Waals surface area contributed by atoms with Gasteiger partial charge in [-0.2, -0.15) is 0 Å². The maximum atomic E-state index is 12.4. The van der Waals surface area contributed by atoms with E-state index in [4.69, 9.17) is 11.6 Å².